The highest BCUT2D eigenvalue weighted by molar-refractivity contribution is 7.89. The Bertz CT molecular complexity index is 1040. The van der Waals surface area contributed by atoms with E-state index in [0.29, 0.717) is 17.5 Å². The third-order valence-electron chi connectivity index (χ3n) is 5.65. The van der Waals surface area contributed by atoms with Crippen LogP contribution in [0.3, 0.4) is 0 Å². The van der Waals surface area contributed by atoms with Gasteiger partial charge in [-0.2, -0.15) is 0 Å². The van der Waals surface area contributed by atoms with E-state index in [1.807, 2.05) is 12.1 Å². The number of carbonyl (C=O) groups excluding carboxylic acids is 1. The number of nitrogens with one attached hydrogen (secondary N) is 1. The van der Waals surface area contributed by atoms with Crippen LogP contribution in [0.2, 0.25) is 0 Å². The predicted molar refractivity (Wildman–Crippen MR) is 123 cm³/mol. The average Bonchev–Trinajstić information content (AvgIpc) is 2.75. The highest BCUT2D eigenvalue weighted by atomic mass is 32.2. The van der Waals surface area contributed by atoms with E-state index in [1.54, 1.807) is 6.07 Å². The minimum Gasteiger partial charge on any atom is -0.495 e. The van der Waals surface area contributed by atoms with Gasteiger partial charge in [0.1, 0.15) is 5.75 Å². The second kappa shape index (κ2) is 9.70. The van der Waals surface area contributed by atoms with Crippen molar-refractivity contribution in [2.45, 2.75) is 43.5 Å². The number of amides is 1. The van der Waals surface area contributed by atoms with E-state index >= 15 is 0 Å². The molecule has 8 heteroatoms. The Labute approximate surface area is 185 Å². The fraction of sp³-hybridized carbons (Fsp3) is 0.435. The summed E-state index contributed by atoms with van der Waals surface area (Å²) >= 11 is 0. The zero-order valence-electron chi connectivity index (χ0n) is 18.6. The van der Waals surface area contributed by atoms with Crippen molar-refractivity contribution in [1.82, 2.24) is 4.31 Å². The van der Waals surface area contributed by atoms with Gasteiger partial charge in [0.15, 0.2) is 0 Å². The summed E-state index contributed by atoms with van der Waals surface area (Å²) in [7, 11) is 0.805. The molecule has 2 aromatic rings. The first-order valence-corrected chi connectivity index (χ1v) is 12.0. The SMILES string of the molecule is CCC[C@H]1CCc2ccccc2N1CC(=O)Nc1cc(S(=O)(=O)N(C)C)ccc1OC. The Morgan fingerprint density at radius 3 is 2.65 bits per heavy atom. The molecule has 1 aliphatic rings. The molecule has 0 spiro atoms. The quantitative estimate of drug-likeness (QED) is 0.673. The molecule has 1 heterocycles. The molecule has 0 aliphatic carbocycles. The third-order valence-corrected chi connectivity index (χ3v) is 7.46. The van der Waals surface area contributed by atoms with Crippen molar-refractivity contribution in [3.63, 3.8) is 0 Å². The lowest BCUT2D eigenvalue weighted by Crippen LogP contribution is -2.44. The van der Waals surface area contributed by atoms with Crippen LogP contribution in [-0.2, 0) is 21.2 Å². The number of ether oxygens (including phenoxy) is 1. The van der Waals surface area contributed by atoms with Crippen molar-refractivity contribution in [1.29, 1.82) is 0 Å². The first-order chi connectivity index (χ1) is 14.8. The van der Waals surface area contributed by atoms with Crippen LogP contribution in [0.25, 0.3) is 0 Å². The largest absolute Gasteiger partial charge is 0.495 e. The van der Waals surface area contributed by atoms with Crippen LogP contribution in [0.1, 0.15) is 31.7 Å². The number of benzene rings is 2. The maximum atomic E-state index is 13.0. The number of methoxy groups -OCH3 is 1. The average molecular weight is 446 g/mol. The molecule has 7 nitrogen and oxygen atoms in total. The van der Waals surface area contributed by atoms with Gasteiger partial charge in [-0.3, -0.25) is 4.79 Å². The van der Waals surface area contributed by atoms with Gasteiger partial charge in [0.2, 0.25) is 15.9 Å². The first-order valence-electron chi connectivity index (χ1n) is 10.5. The summed E-state index contributed by atoms with van der Waals surface area (Å²) in [5, 5.41) is 2.87. The molecule has 0 fully saturated rings. The Balaban J connectivity index is 1.86. The standard InChI is InChI=1S/C23H31N3O4S/c1-5-8-18-12-11-17-9-6-7-10-21(17)26(18)16-23(27)24-20-15-19(13-14-22(20)30-4)31(28,29)25(2)3/h6-7,9-10,13-15,18H,5,8,11-12,16H2,1-4H3,(H,24,27)/t18-/m0/s1. The molecule has 0 bridgehead atoms. The Morgan fingerprint density at radius 1 is 1.23 bits per heavy atom. The maximum absolute atomic E-state index is 13.0. The van der Waals surface area contributed by atoms with E-state index in [4.69, 9.17) is 4.74 Å². The molecule has 0 radical (unpaired) electrons. The van der Waals surface area contributed by atoms with Gasteiger partial charge in [0.25, 0.3) is 0 Å². The summed E-state index contributed by atoms with van der Waals surface area (Å²) in [5.41, 5.74) is 2.69. The molecule has 1 amide bonds. The third kappa shape index (κ3) is 5.02. The molecule has 1 aliphatic heterocycles. The number of sulfonamides is 1. The van der Waals surface area contributed by atoms with Crippen LogP contribution in [-0.4, -0.2) is 52.4 Å². The summed E-state index contributed by atoms with van der Waals surface area (Å²) in [6.07, 6.45) is 4.08. The van der Waals surface area contributed by atoms with Crippen molar-refractivity contribution < 1.29 is 17.9 Å². The Morgan fingerprint density at radius 2 is 1.97 bits per heavy atom. The number of carbonyl (C=O) groups is 1. The van der Waals surface area contributed by atoms with Crippen molar-refractivity contribution in [2.75, 3.05) is 38.0 Å². The summed E-state index contributed by atoms with van der Waals surface area (Å²) in [4.78, 5) is 15.3. The van der Waals surface area contributed by atoms with Gasteiger partial charge in [-0.15, -0.1) is 0 Å². The minimum absolute atomic E-state index is 0.0979. The molecule has 3 rings (SSSR count). The molecular formula is C23H31N3O4S. The zero-order valence-corrected chi connectivity index (χ0v) is 19.4. The zero-order chi connectivity index (χ0) is 22.6. The first kappa shape index (κ1) is 23.1. The number of hydrogen-bond acceptors (Lipinski definition) is 5. The molecule has 2 aromatic carbocycles. The lowest BCUT2D eigenvalue weighted by molar-refractivity contribution is -0.115. The smallest absolute Gasteiger partial charge is 0.244 e. The fourth-order valence-corrected chi connectivity index (χ4v) is 4.95. The van der Waals surface area contributed by atoms with Gasteiger partial charge in [0, 0.05) is 25.8 Å². The lowest BCUT2D eigenvalue weighted by Gasteiger charge is -2.38. The summed E-state index contributed by atoms with van der Waals surface area (Å²) in [6, 6.07) is 13.0. The number of anilines is 2. The van der Waals surface area contributed by atoms with Crippen LogP contribution >= 0.6 is 0 Å². The number of nitrogens with zero attached hydrogens (tertiary/aromatic N) is 2. The molecule has 1 N–H and O–H groups in total. The molecule has 0 saturated heterocycles. The van der Waals surface area contributed by atoms with Crippen LogP contribution in [0.4, 0.5) is 11.4 Å². The number of hydrogen-bond donors (Lipinski definition) is 1. The van der Waals surface area contributed by atoms with E-state index in [1.165, 1.54) is 38.9 Å². The monoisotopic (exact) mass is 445 g/mol. The van der Waals surface area contributed by atoms with E-state index < -0.39 is 10.0 Å². The second-order valence-corrected chi connectivity index (χ2v) is 10.1. The molecule has 168 valence electrons. The van der Waals surface area contributed by atoms with E-state index in [9.17, 15) is 13.2 Å². The molecular weight excluding hydrogens is 414 g/mol. The van der Waals surface area contributed by atoms with E-state index in [2.05, 4.69) is 29.3 Å². The number of para-hydroxylation sites is 1. The molecule has 1 atom stereocenters. The topological polar surface area (TPSA) is 79.0 Å². The predicted octanol–water partition coefficient (Wildman–Crippen LogP) is 3.51. The Hall–Kier alpha value is -2.58. The van der Waals surface area contributed by atoms with Gasteiger partial charge in [-0.25, -0.2) is 12.7 Å². The van der Waals surface area contributed by atoms with Crippen LogP contribution < -0.4 is 15.0 Å². The van der Waals surface area contributed by atoms with Crippen molar-refractivity contribution in [3.05, 3.63) is 48.0 Å². The van der Waals surface area contributed by atoms with Crippen LogP contribution in [0.5, 0.6) is 5.75 Å². The number of aryl methyl sites for hydroxylation is 1. The van der Waals surface area contributed by atoms with Crippen molar-refractivity contribution in [3.8, 4) is 5.75 Å². The molecule has 0 unspecified atom stereocenters. The highest BCUT2D eigenvalue weighted by Crippen LogP contribution is 2.33. The van der Waals surface area contributed by atoms with Crippen LogP contribution in [0, 0.1) is 0 Å². The van der Waals surface area contributed by atoms with Gasteiger partial charge in [0.05, 0.1) is 24.2 Å². The Kier molecular flexibility index (Phi) is 7.23. The van der Waals surface area contributed by atoms with Gasteiger partial charge >= 0.3 is 0 Å². The molecule has 0 aromatic heterocycles. The highest BCUT2D eigenvalue weighted by Gasteiger charge is 2.27. The summed E-state index contributed by atoms with van der Waals surface area (Å²) in [6.45, 7) is 2.34. The summed E-state index contributed by atoms with van der Waals surface area (Å²) in [5.74, 6) is 0.200. The maximum Gasteiger partial charge on any atom is 0.244 e. The normalized spacial score (nSPS) is 16.2. The number of rotatable bonds is 8. The lowest BCUT2D eigenvalue weighted by atomic mass is 9.93. The number of fused-ring (bicyclic) bond motifs is 1. The van der Waals surface area contributed by atoms with Crippen molar-refractivity contribution in [2.24, 2.45) is 0 Å². The van der Waals surface area contributed by atoms with Gasteiger partial charge in [-0.05, 0) is 49.1 Å². The fourth-order valence-electron chi connectivity index (χ4n) is 4.03. The van der Waals surface area contributed by atoms with Crippen LogP contribution in [0.15, 0.2) is 47.4 Å². The second-order valence-electron chi connectivity index (χ2n) is 7.94. The molecule has 0 saturated carbocycles. The molecule has 31 heavy (non-hydrogen) atoms. The van der Waals surface area contributed by atoms with Gasteiger partial charge in [-0.1, -0.05) is 31.5 Å². The van der Waals surface area contributed by atoms with Gasteiger partial charge < -0.3 is 15.0 Å². The van der Waals surface area contributed by atoms with E-state index in [0.717, 1.165) is 35.7 Å². The minimum atomic E-state index is -3.63. The summed E-state index contributed by atoms with van der Waals surface area (Å²) < 4.78 is 31.5. The van der Waals surface area contributed by atoms with E-state index in [-0.39, 0.29) is 17.3 Å². The van der Waals surface area contributed by atoms with Crippen molar-refractivity contribution >= 4 is 27.3 Å².